The Morgan fingerprint density at radius 1 is 1.48 bits per heavy atom. The van der Waals surface area contributed by atoms with Crippen molar-refractivity contribution >= 4 is 28.8 Å². The summed E-state index contributed by atoms with van der Waals surface area (Å²) >= 11 is 7.45. The normalized spacial score (nSPS) is 11.4. The van der Waals surface area contributed by atoms with Crippen LogP contribution in [0, 0.1) is 5.41 Å². The van der Waals surface area contributed by atoms with Crippen molar-refractivity contribution in [2.75, 3.05) is 13.1 Å². The van der Waals surface area contributed by atoms with Crippen molar-refractivity contribution in [3.63, 3.8) is 0 Å². The van der Waals surface area contributed by atoms with Gasteiger partial charge in [0.25, 0.3) is 0 Å². The highest BCUT2D eigenvalue weighted by atomic mass is 35.5. The molecule has 0 spiro atoms. The quantitative estimate of drug-likeness (QED) is 0.694. The maximum Gasteiger partial charge on any atom is 0.223 e. The molecule has 1 aromatic heterocycles. The average Bonchev–Trinajstić information content (AvgIpc) is 2.81. The van der Waals surface area contributed by atoms with Crippen LogP contribution in [-0.4, -0.2) is 23.9 Å². The lowest BCUT2D eigenvalue weighted by Gasteiger charge is -2.26. The molecular formula is C16H25ClN2OS. The van der Waals surface area contributed by atoms with Crippen LogP contribution in [0.1, 0.15) is 38.0 Å². The fourth-order valence-corrected chi connectivity index (χ4v) is 3.26. The molecule has 0 aliphatic heterocycles. The summed E-state index contributed by atoms with van der Waals surface area (Å²) in [5.41, 5.74) is 5.72. The van der Waals surface area contributed by atoms with Gasteiger partial charge in [-0.15, -0.1) is 17.9 Å². The number of hydrogen-bond acceptors (Lipinski definition) is 3. The Bertz CT molecular complexity index is 471. The van der Waals surface area contributed by atoms with Crippen molar-refractivity contribution < 1.29 is 4.79 Å². The van der Waals surface area contributed by atoms with Gasteiger partial charge in [0.1, 0.15) is 0 Å². The van der Waals surface area contributed by atoms with E-state index in [4.69, 9.17) is 17.3 Å². The van der Waals surface area contributed by atoms with Crippen LogP contribution in [0.5, 0.6) is 0 Å². The predicted molar refractivity (Wildman–Crippen MR) is 91.6 cm³/mol. The van der Waals surface area contributed by atoms with Crippen LogP contribution < -0.4 is 5.73 Å². The third kappa shape index (κ3) is 6.64. The van der Waals surface area contributed by atoms with Gasteiger partial charge in [0.15, 0.2) is 0 Å². The van der Waals surface area contributed by atoms with E-state index in [9.17, 15) is 4.79 Å². The van der Waals surface area contributed by atoms with Crippen LogP contribution in [0.25, 0.3) is 0 Å². The second kappa shape index (κ2) is 8.57. The van der Waals surface area contributed by atoms with Crippen molar-refractivity contribution in [1.29, 1.82) is 0 Å². The molecule has 5 heteroatoms. The van der Waals surface area contributed by atoms with Crippen molar-refractivity contribution in [3.05, 3.63) is 34.0 Å². The van der Waals surface area contributed by atoms with Crippen LogP contribution in [0.15, 0.2) is 24.8 Å². The molecule has 0 aromatic carbocycles. The number of amides is 1. The highest BCUT2D eigenvalue weighted by Gasteiger charge is 2.21. The molecule has 0 atom stereocenters. The summed E-state index contributed by atoms with van der Waals surface area (Å²) in [7, 11) is 0. The first-order valence-corrected chi connectivity index (χ1v) is 8.40. The number of carbonyl (C=O) groups excluding carboxylic acids is 1. The lowest BCUT2D eigenvalue weighted by atomic mass is 9.84. The van der Waals surface area contributed by atoms with Gasteiger partial charge < -0.3 is 10.6 Å². The first-order chi connectivity index (χ1) is 9.88. The molecule has 0 unspecified atom stereocenters. The zero-order valence-corrected chi connectivity index (χ0v) is 14.5. The van der Waals surface area contributed by atoms with Crippen LogP contribution in [0.4, 0.5) is 0 Å². The van der Waals surface area contributed by atoms with Gasteiger partial charge in [-0.25, -0.2) is 0 Å². The van der Waals surface area contributed by atoms with Gasteiger partial charge in [-0.05, 0) is 36.9 Å². The fraction of sp³-hybridized carbons (Fsp3) is 0.562. The molecule has 1 amide bonds. The van der Waals surface area contributed by atoms with E-state index in [1.807, 2.05) is 17.0 Å². The Balaban J connectivity index is 2.59. The molecule has 0 fully saturated rings. The topological polar surface area (TPSA) is 46.3 Å². The first kappa shape index (κ1) is 18.2. The SMILES string of the molecule is C=CCN(Cc1ccc(Cl)s1)C(=O)CCC(C)(C)CCN. The minimum atomic E-state index is 0.108. The second-order valence-electron chi connectivity index (χ2n) is 5.97. The zero-order valence-electron chi connectivity index (χ0n) is 12.9. The predicted octanol–water partition coefficient (Wildman–Crippen LogP) is 4.07. The third-order valence-corrected chi connectivity index (χ3v) is 4.73. The molecule has 0 saturated heterocycles. The summed E-state index contributed by atoms with van der Waals surface area (Å²) in [5.74, 6) is 0.157. The maximum absolute atomic E-state index is 12.4. The van der Waals surface area contributed by atoms with Crippen molar-refractivity contribution in [3.8, 4) is 0 Å². The number of halogens is 1. The van der Waals surface area contributed by atoms with Gasteiger partial charge in [0.05, 0.1) is 10.9 Å². The van der Waals surface area contributed by atoms with E-state index in [2.05, 4.69) is 20.4 Å². The van der Waals surface area contributed by atoms with Gasteiger partial charge in [-0.3, -0.25) is 4.79 Å². The zero-order chi connectivity index (χ0) is 15.9. The highest BCUT2D eigenvalue weighted by Crippen LogP contribution is 2.27. The van der Waals surface area contributed by atoms with E-state index < -0.39 is 0 Å². The smallest absolute Gasteiger partial charge is 0.223 e. The van der Waals surface area contributed by atoms with E-state index in [0.29, 0.717) is 26.1 Å². The van der Waals surface area contributed by atoms with Gasteiger partial charge >= 0.3 is 0 Å². The summed E-state index contributed by atoms with van der Waals surface area (Å²) in [6.45, 7) is 9.86. The standard InChI is InChI=1S/C16H25ClN2OS/c1-4-11-19(12-13-5-6-14(17)21-13)15(20)7-8-16(2,3)9-10-18/h4-6H,1,7-12,18H2,2-3H3. The van der Waals surface area contributed by atoms with Gasteiger partial charge in [0.2, 0.25) is 5.91 Å². The molecular weight excluding hydrogens is 304 g/mol. The van der Waals surface area contributed by atoms with Crippen molar-refractivity contribution in [2.24, 2.45) is 11.1 Å². The molecule has 0 saturated carbocycles. The maximum atomic E-state index is 12.4. The molecule has 1 rings (SSSR count). The van der Waals surface area contributed by atoms with Crippen LogP contribution in [0.2, 0.25) is 4.34 Å². The number of hydrogen-bond donors (Lipinski definition) is 1. The third-order valence-electron chi connectivity index (χ3n) is 3.51. The monoisotopic (exact) mass is 328 g/mol. The molecule has 1 heterocycles. The average molecular weight is 329 g/mol. The molecule has 0 aliphatic rings. The first-order valence-electron chi connectivity index (χ1n) is 7.21. The Kier molecular flexibility index (Phi) is 7.43. The van der Waals surface area contributed by atoms with E-state index in [1.54, 1.807) is 6.08 Å². The number of nitrogens with two attached hydrogens (primary N) is 1. The largest absolute Gasteiger partial charge is 0.334 e. The second-order valence-corrected chi connectivity index (χ2v) is 7.77. The molecule has 0 radical (unpaired) electrons. The minimum Gasteiger partial charge on any atom is -0.334 e. The molecule has 3 nitrogen and oxygen atoms in total. The number of rotatable bonds is 9. The highest BCUT2D eigenvalue weighted by molar-refractivity contribution is 7.16. The Labute approximate surface area is 136 Å². The lowest BCUT2D eigenvalue weighted by molar-refractivity contribution is -0.131. The molecule has 1 aromatic rings. The van der Waals surface area contributed by atoms with Crippen LogP contribution >= 0.6 is 22.9 Å². The summed E-state index contributed by atoms with van der Waals surface area (Å²) in [4.78, 5) is 15.3. The lowest BCUT2D eigenvalue weighted by Crippen LogP contribution is -2.31. The number of nitrogens with zero attached hydrogens (tertiary/aromatic N) is 1. The fourth-order valence-electron chi connectivity index (χ4n) is 2.15. The molecule has 2 N–H and O–H groups in total. The van der Waals surface area contributed by atoms with Crippen LogP contribution in [0.3, 0.4) is 0 Å². The van der Waals surface area contributed by atoms with Crippen LogP contribution in [-0.2, 0) is 11.3 Å². The Hall–Kier alpha value is -0.840. The van der Waals surface area contributed by atoms with Gasteiger partial charge in [0, 0.05) is 17.8 Å². The van der Waals surface area contributed by atoms with Crippen molar-refractivity contribution in [2.45, 2.75) is 39.7 Å². The Morgan fingerprint density at radius 3 is 2.71 bits per heavy atom. The summed E-state index contributed by atoms with van der Waals surface area (Å²) in [5, 5.41) is 0. The summed E-state index contributed by atoms with van der Waals surface area (Å²) < 4.78 is 0.750. The Morgan fingerprint density at radius 2 is 2.19 bits per heavy atom. The number of thiophene rings is 1. The van der Waals surface area contributed by atoms with Crippen molar-refractivity contribution in [1.82, 2.24) is 4.90 Å². The molecule has 118 valence electrons. The van der Waals surface area contributed by atoms with Gasteiger partial charge in [-0.1, -0.05) is 31.5 Å². The molecule has 0 aliphatic carbocycles. The van der Waals surface area contributed by atoms with E-state index in [-0.39, 0.29) is 11.3 Å². The number of carbonyl (C=O) groups is 1. The summed E-state index contributed by atoms with van der Waals surface area (Å²) in [6.07, 6.45) is 4.09. The van der Waals surface area contributed by atoms with E-state index in [0.717, 1.165) is 22.1 Å². The van der Waals surface area contributed by atoms with E-state index >= 15 is 0 Å². The van der Waals surface area contributed by atoms with E-state index in [1.165, 1.54) is 11.3 Å². The molecule has 21 heavy (non-hydrogen) atoms. The van der Waals surface area contributed by atoms with Gasteiger partial charge in [-0.2, -0.15) is 0 Å². The minimum absolute atomic E-state index is 0.108. The molecule has 0 bridgehead atoms. The summed E-state index contributed by atoms with van der Waals surface area (Å²) in [6, 6.07) is 3.83.